The van der Waals surface area contributed by atoms with Crippen LogP contribution in [0.1, 0.15) is 96.3 Å². The SMILES string of the molecule is C=C1C=CCC2C3CCC(C3=C(Cl)Cl)C12.C=C1CCC=C2C3CCC(C3=C(Cl)Cl)C12.C=C1CCCC2=C1C1CCC2C1=C(Cl)Cl.O=C1CC=CC2C3CCC(C3=C(Cl)Cl)C12. The smallest absolute Gasteiger partial charge is 0.140 e. The molecule has 7 fully saturated rings. The van der Waals surface area contributed by atoms with Crippen LogP contribution in [0.25, 0.3) is 0 Å². The first-order valence-electron chi connectivity index (χ1n) is 22.3. The lowest BCUT2D eigenvalue weighted by molar-refractivity contribution is -0.125. The summed E-state index contributed by atoms with van der Waals surface area (Å²) in [5.74, 6) is 7.03. The van der Waals surface area contributed by atoms with E-state index in [0.717, 1.165) is 43.6 Å². The molecule has 0 aliphatic heterocycles. The zero-order valence-electron chi connectivity index (χ0n) is 34.1. The minimum absolute atomic E-state index is 0.177. The van der Waals surface area contributed by atoms with Crippen LogP contribution in [0.5, 0.6) is 0 Å². The molecular weight excluding hydrogens is 912 g/mol. The van der Waals surface area contributed by atoms with Gasteiger partial charge in [0.1, 0.15) is 23.7 Å². The lowest BCUT2D eigenvalue weighted by atomic mass is 9.71. The Hall–Kier alpha value is -0.870. The van der Waals surface area contributed by atoms with Gasteiger partial charge in [-0.2, -0.15) is 0 Å². The zero-order valence-corrected chi connectivity index (χ0v) is 40.1. The van der Waals surface area contributed by atoms with Crippen LogP contribution >= 0.6 is 92.8 Å². The van der Waals surface area contributed by atoms with Crippen molar-refractivity contribution in [2.75, 3.05) is 0 Å². The number of carbonyl (C=O) groups is 1. The molecule has 0 N–H and O–H groups in total. The normalized spacial score (nSPS) is 39.1. The Morgan fingerprint density at radius 2 is 1.22 bits per heavy atom. The van der Waals surface area contributed by atoms with Gasteiger partial charge in [0, 0.05) is 36.0 Å². The van der Waals surface area contributed by atoms with Crippen molar-refractivity contribution in [3.63, 3.8) is 0 Å². The first-order valence-corrected chi connectivity index (χ1v) is 25.4. The molecule has 0 aromatic heterocycles. The van der Waals surface area contributed by atoms with Crippen molar-refractivity contribution in [2.45, 2.75) is 96.3 Å². The quantitative estimate of drug-likeness (QED) is 0.221. The van der Waals surface area contributed by atoms with Crippen LogP contribution in [0.15, 0.2) is 124 Å². The molecule has 0 aromatic rings. The molecule has 320 valence electrons. The van der Waals surface area contributed by atoms with Crippen LogP contribution in [0.3, 0.4) is 0 Å². The number of carbonyl (C=O) groups excluding carboxylic acids is 1. The van der Waals surface area contributed by atoms with E-state index in [2.05, 4.69) is 44.0 Å². The highest BCUT2D eigenvalue weighted by atomic mass is 35.5. The summed E-state index contributed by atoms with van der Waals surface area (Å²) in [6.45, 7) is 12.6. The summed E-state index contributed by atoms with van der Waals surface area (Å²) in [6, 6.07) is 0. The number of hydrogen-bond acceptors (Lipinski definition) is 1. The van der Waals surface area contributed by atoms with Crippen molar-refractivity contribution in [3.8, 4) is 0 Å². The molecule has 0 spiro atoms. The monoisotopic (exact) mass is 962 g/mol. The van der Waals surface area contributed by atoms with E-state index in [4.69, 9.17) is 92.8 Å². The van der Waals surface area contributed by atoms with Gasteiger partial charge in [-0.1, -0.05) is 171 Å². The van der Waals surface area contributed by atoms with E-state index in [1.165, 1.54) is 96.8 Å². The number of rotatable bonds is 0. The Kier molecular flexibility index (Phi) is 13.2. The number of Topliss-reactive ketones (excluding diaryl/α,β-unsaturated/α-hetero) is 1. The van der Waals surface area contributed by atoms with Gasteiger partial charge in [-0.15, -0.1) is 0 Å². The fourth-order valence-corrected chi connectivity index (χ4v) is 17.1. The van der Waals surface area contributed by atoms with E-state index in [9.17, 15) is 4.79 Å². The molecular formula is C51H54Cl8O. The molecule has 8 bridgehead atoms. The third-order valence-corrected chi connectivity index (χ3v) is 18.6. The van der Waals surface area contributed by atoms with Gasteiger partial charge in [0.15, 0.2) is 0 Å². The third kappa shape index (κ3) is 7.48. The second kappa shape index (κ2) is 17.8. The van der Waals surface area contributed by atoms with Crippen LogP contribution in [0.4, 0.5) is 0 Å². The Morgan fingerprint density at radius 1 is 0.600 bits per heavy atom. The van der Waals surface area contributed by atoms with Gasteiger partial charge in [0.25, 0.3) is 0 Å². The molecule has 0 heterocycles. The van der Waals surface area contributed by atoms with E-state index >= 15 is 0 Å². The minimum Gasteiger partial charge on any atom is -0.299 e. The number of allylic oxidation sites excluding steroid dienone is 15. The highest BCUT2D eigenvalue weighted by molar-refractivity contribution is 6.57. The van der Waals surface area contributed by atoms with Crippen LogP contribution in [-0.2, 0) is 4.79 Å². The minimum atomic E-state index is 0.177. The van der Waals surface area contributed by atoms with Crippen molar-refractivity contribution < 1.29 is 4.79 Å². The number of fused-ring (bicyclic) bond motifs is 19. The highest BCUT2D eigenvalue weighted by Crippen LogP contribution is 2.64. The van der Waals surface area contributed by atoms with Crippen molar-refractivity contribution in [3.05, 3.63) is 124 Å². The second-order valence-corrected chi connectivity index (χ2v) is 23.0. The summed E-state index contributed by atoms with van der Waals surface area (Å²) >= 11 is 48.0. The van der Waals surface area contributed by atoms with Gasteiger partial charge in [0.2, 0.25) is 0 Å². The molecule has 9 heteroatoms. The van der Waals surface area contributed by atoms with Crippen LogP contribution in [0.2, 0.25) is 0 Å². The van der Waals surface area contributed by atoms with Gasteiger partial charge in [-0.05, 0) is 165 Å². The maximum Gasteiger partial charge on any atom is 0.140 e. The van der Waals surface area contributed by atoms with Gasteiger partial charge in [-0.25, -0.2) is 0 Å². The largest absolute Gasteiger partial charge is 0.299 e. The fraction of sp³-hybridized carbons (Fsp3) is 0.549. The van der Waals surface area contributed by atoms with Crippen LogP contribution in [-0.4, -0.2) is 5.78 Å². The second-order valence-electron chi connectivity index (χ2n) is 19.2. The molecule has 13 atom stereocenters. The van der Waals surface area contributed by atoms with Crippen molar-refractivity contribution >= 4 is 98.6 Å². The summed E-state index contributed by atoms with van der Waals surface area (Å²) < 4.78 is 1.98. The molecule has 7 saturated carbocycles. The topological polar surface area (TPSA) is 17.1 Å². The summed E-state index contributed by atoms with van der Waals surface area (Å²) in [5.41, 5.74) is 13.8. The van der Waals surface area contributed by atoms with E-state index in [0.29, 0.717) is 95.3 Å². The van der Waals surface area contributed by atoms with E-state index in [1.807, 2.05) is 6.08 Å². The average Bonchev–Trinajstić information content (AvgIpc) is 4.09. The first-order chi connectivity index (χ1) is 28.8. The molecule has 12 aliphatic rings. The Morgan fingerprint density at radius 3 is 1.87 bits per heavy atom. The van der Waals surface area contributed by atoms with Crippen molar-refractivity contribution in [2.24, 2.45) is 76.9 Å². The average molecular weight is 967 g/mol. The van der Waals surface area contributed by atoms with E-state index in [-0.39, 0.29) is 5.92 Å². The zero-order chi connectivity index (χ0) is 42.3. The Balaban J connectivity index is 0.000000103. The third-order valence-electron chi connectivity index (χ3n) is 16.9. The van der Waals surface area contributed by atoms with Gasteiger partial charge in [-0.3, -0.25) is 4.79 Å². The predicted molar refractivity (Wildman–Crippen MR) is 255 cm³/mol. The summed E-state index contributed by atoms with van der Waals surface area (Å²) in [7, 11) is 0. The maximum absolute atomic E-state index is 11.9. The Labute approximate surface area is 397 Å². The highest BCUT2D eigenvalue weighted by Gasteiger charge is 2.55. The molecule has 0 aromatic carbocycles. The summed E-state index contributed by atoms with van der Waals surface area (Å²) in [5, 5.41) is 0. The molecule has 1 nitrogen and oxygen atoms in total. The molecule has 0 saturated heterocycles. The van der Waals surface area contributed by atoms with Gasteiger partial charge < -0.3 is 0 Å². The van der Waals surface area contributed by atoms with Crippen LogP contribution in [0, 0.1) is 76.9 Å². The van der Waals surface area contributed by atoms with Gasteiger partial charge in [0.05, 0.1) is 0 Å². The van der Waals surface area contributed by atoms with Crippen molar-refractivity contribution in [1.82, 2.24) is 0 Å². The maximum atomic E-state index is 11.9. The van der Waals surface area contributed by atoms with Gasteiger partial charge >= 0.3 is 0 Å². The number of ketones is 1. The van der Waals surface area contributed by atoms with Crippen LogP contribution < -0.4 is 0 Å². The fourth-order valence-electron chi connectivity index (χ4n) is 14.9. The van der Waals surface area contributed by atoms with E-state index < -0.39 is 0 Å². The predicted octanol–water partition coefficient (Wildman–Crippen LogP) is 17.3. The molecule has 0 radical (unpaired) electrons. The molecule has 12 aliphatic carbocycles. The lowest BCUT2D eigenvalue weighted by Crippen LogP contribution is -2.30. The molecule has 0 amide bonds. The van der Waals surface area contributed by atoms with Crippen molar-refractivity contribution in [1.29, 1.82) is 0 Å². The first kappa shape index (κ1) is 44.3. The van der Waals surface area contributed by atoms with E-state index in [1.54, 1.807) is 11.1 Å². The summed E-state index contributed by atoms with van der Waals surface area (Å²) in [6.07, 6.45) is 28.5. The lowest BCUT2D eigenvalue weighted by Gasteiger charge is -2.33. The molecule has 12 rings (SSSR count). The number of hydrogen-bond donors (Lipinski definition) is 0. The molecule has 60 heavy (non-hydrogen) atoms. The number of halogens is 8. The molecule has 13 unspecified atom stereocenters. The standard InChI is InChI=1S/3C13H14Cl2.C12H12Cl2O/c3*1-7-3-2-4-8-9-5-6-10(11(7)8)12(9)13(14)15;13-12(14)11-7-4-5-8(11)10-6(7)2-1-3-9(10)15/h9-10H,1-6H2;4,9-11H,1-3,5-6H2;2-3,8-11H,1,4-6H2;1-2,6-8,10H,3-5H2. The Bertz CT molecular complexity index is 2130. The summed E-state index contributed by atoms with van der Waals surface area (Å²) in [4.78, 5) is 11.9.